The van der Waals surface area contributed by atoms with E-state index in [9.17, 15) is 13.2 Å². The number of hydrogen-bond donors (Lipinski definition) is 0. The highest BCUT2D eigenvalue weighted by Crippen LogP contribution is 2.30. The Bertz CT molecular complexity index is 452. The Morgan fingerprint density at radius 3 is 2.53 bits per heavy atom. The molecule has 0 bridgehead atoms. The maximum atomic E-state index is 12.1. The summed E-state index contributed by atoms with van der Waals surface area (Å²) in [7, 11) is 1.28. The topological polar surface area (TPSA) is 55.1 Å². The lowest BCUT2D eigenvalue weighted by Gasteiger charge is -2.13. The van der Waals surface area contributed by atoms with Crippen molar-refractivity contribution in [3.8, 4) is 17.6 Å². The minimum atomic E-state index is -4.78. The zero-order valence-corrected chi connectivity index (χ0v) is 9.13. The monoisotopic (exact) mass is 246 g/mol. The van der Waals surface area contributed by atoms with E-state index in [-0.39, 0.29) is 23.6 Å². The largest absolute Gasteiger partial charge is 0.573 e. The van der Waals surface area contributed by atoms with Gasteiger partial charge in [0.05, 0.1) is 31.0 Å². The van der Waals surface area contributed by atoms with Crippen molar-refractivity contribution in [1.82, 2.24) is 4.98 Å². The highest BCUT2D eigenvalue weighted by Gasteiger charge is 2.32. The van der Waals surface area contributed by atoms with E-state index in [1.165, 1.54) is 14.0 Å². The van der Waals surface area contributed by atoms with Gasteiger partial charge in [0, 0.05) is 6.07 Å². The second-order valence-electron chi connectivity index (χ2n) is 3.10. The van der Waals surface area contributed by atoms with Crippen molar-refractivity contribution < 1.29 is 22.6 Å². The lowest BCUT2D eigenvalue weighted by atomic mass is 10.2. The van der Waals surface area contributed by atoms with Gasteiger partial charge in [-0.05, 0) is 6.92 Å². The van der Waals surface area contributed by atoms with Gasteiger partial charge in [-0.3, -0.25) is 0 Å². The van der Waals surface area contributed by atoms with E-state index < -0.39 is 12.1 Å². The Morgan fingerprint density at radius 1 is 1.41 bits per heavy atom. The van der Waals surface area contributed by atoms with Crippen LogP contribution in [0.4, 0.5) is 13.2 Å². The van der Waals surface area contributed by atoms with E-state index in [2.05, 4.69) is 9.72 Å². The summed E-state index contributed by atoms with van der Waals surface area (Å²) in [5.41, 5.74) is 0.329. The van der Waals surface area contributed by atoms with Crippen molar-refractivity contribution in [2.24, 2.45) is 0 Å². The molecular formula is C10H9F3N2O2. The lowest BCUT2D eigenvalue weighted by Crippen LogP contribution is -2.18. The summed E-state index contributed by atoms with van der Waals surface area (Å²) in [6, 6.07) is 2.92. The summed E-state index contributed by atoms with van der Waals surface area (Å²) >= 11 is 0. The number of nitrogens with zero attached hydrogens (tertiary/aromatic N) is 2. The molecule has 0 aliphatic carbocycles. The first kappa shape index (κ1) is 13.1. The summed E-state index contributed by atoms with van der Waals surface area (Å²) in [5.74, 6) is -0.340. The van der Waals surface area contributed by atoms with Gasteiger partial charge in [-0.2, -0.15) is 5.26 Å². The van der Waals surface area contributed by atoms with Gasteiger partial charge in [0.15, 0.2) is 5.75 Å². The smallest absolute Gasteiger partial charge is 0.495 e. The third kappa shape index (κ3) is 3.52. The lowest BCUT2D eigenvalue weighted by molar-refractivity contribution is -0.275. The first-order valence-electron chi connectivity index (χ1n) is 4.54. The molecule has 0 fully saturated rings. The number of methoxy groups -OCH3 is 1. The Hall–Kier alpha value is -1.97. The third-order valence-electron chi connectivity index (χ3n) is 1.90. The summed E-state index contributed by atoms with van der Waals surface area (Å²) in [6.07, 6.45) is -4.83. The Morgan fingerprint density at radius 2 is 2.06 bits per heavy atom. The molecule has 0 atom stereocenters. The number of nitriles is 1. The summed E-state index contributed by atoms with van der Waals surface area (Å²) in [4.78, 5) is 3.85. The first-order valence-corrected chi connectivity index (χ1v) is 4.54. The molecular weight excluding hydrogens is 237 g/mol. The van der Waals surface area contributed by atoms with E-state index in [4.69, 9.17) is 10.00 Å². The molecule has 0 amide bonds. The minimum absolute atomic E-state index is 0.0453. The van der Waals surface area contributed by atoms with Gasteiger partial charge in [-0.15, -0.1) is 13.2 Å². The van der Waals surface area contributed by atoms with Crippen LogP contribution in [0.25, 0.3) is 0 Å². The molecule has 0 saturated heterocycles. The predicted octanol–water partition coefficient (Wildman–Crippen LogP) is 2.36. The number of halogens is 3. The number of aryl methyl sites for hydroxylation is 1. The van der Waals surface area contributed by atoms with Crippen LogP contribution in [-0.2, 0) is 6.42 Å². The predicted molar refractivity (Wildman–Crippen MR) is 51.5 cm³/mol. The highest BCUT2D eigenvalue weighted by atomic mass is 19.4. The molecule has 0 N–H and O–H groups in total. The molecule has 0 saturated carbocycles. The van der Waals surface area contributed by atoms with Crippen LogP contribution in [0.2, 0.25) is 0 Å². The zero-order valence-electron chi connectivity index (χ0n) is 9.13. The number of alkyl halides is 3. The van der Waals surface area contributed by atoms with Crippen LogP contribution in [0.5, 0.6) is 11.5 Å². The first-order chi connectivity index (χ1) is 7.87. The van der Waals surface area contributed by atoms with Crippen LogP contribution in [0.1, 0.15) is 11.4 Å². The van der Waals surface area contributed by atoms with E-state index in [1.54, 1.807) is 0 Å². The molecule has 0 aromatic carbocycles. The summed E-state index contributed by atoms with van der Waals surface area (Å²) in [6.45, 7) is 1.36. The molecule has 0 radical (unpaired) electrons. The van der Waals surface area contributed by atoms with E-state index >= 15 is 0 Å². The fourth-order valence-electron chi connectivity index (χ4n) is 1.23. The maximum Gasteiger partial charge on any atom is 0.573 e. The van der Waals surface area contributed by atoms with Crippen LogP contribution >= 0.6 is 0 Å². The normalized spacial score (nSPS) is 10.8. The van der Waals surface area contributed by atoms with Crippen molar-refractivity contribution in [1.29, 1.82) is 5.26 Å². The SMILES string of the molecule is COc1cc(OC(F)(F)F)c(C)nc1CC#N. The van der Waals surface area contributed by atoms with Gasteiger partial charge in [0.2, 0.25) is 0 Å². The quantitative estimate of drug-likeness (QED) is 0.821. The molecule has 4 nitrogen and oxygen atoms in total. The minimum Gasteiger partial charge on any atom is -0.495 e. The van der Waals surface area contributed by atoms with Gasteiger partial charge < -0.3 is 9.47 Å². The molecule has 92 valence electrons. The molecule has 1 rings (SSSR count). The standard InChI is InChI=1S/C10H9F3N2O2/c1-6-8(17-10(11,12)13)5-9(16-2)7(15-6)3-4-14/h5H,3H2,1-2H3. The van der Waals surface area contributed by atoms with Crippen molar-refractivity contribution in [3.63, 3.8) is 0 Å². The average molecular weight is 246 g/mol. The number of rotatable bonds is 3. The average Bonchev–Trinajstić information content (AvgIpc) is 2.20. The second kappa shape index (κ2) is 4.91. The molecule has 0 aliphatic heterocycles. The number of aromatic nitrogens is 1. The number of pyridine rings is 1. The molecule has 7 heteroatoms. The third-order valence-corrected chi connectivity index (χ3v) is 1.90. The van der Waals surface area contributed by atoms with Gasteiger partial charge in [0.1, 0.15) is 5.75 Å². The molecule has 1 aromatic heterocycles. The zero-order chi connectivity index (χ0) is 13.1. The fraction of sp³-hybridized carbons (Fsp3) is 0.400. The van der Waals surface area contributed by atoms with E-state index in [1.807, 2.05) is 6.07 Å². The number of hydrogen-bond acceptors (Lipinski definition) is 4. The molecule has 0 aliphatic rings. The van der Waals surface area contributed by atoms with Gasteiger partial charge in [0.25, 0.3) is 0 Å². The van der Waals surface area contributed by atoms with E-state index in [0.717, 1.165) is 6.07 Å². The Balaban J connectivity index is 3.14. The molecule has 1 heterocycles. The fourth-order valence-corrected chi connectivity index (χ4v) is 1.23. The van der Waals surface area contributed by atoms with Crippen LogP contribution in [0.15, 0.2) is 6.07 Å². The van der Waals surface area contributed by atoms with Crippen molar-refractivity contribution >= 4 is 0 Å². The van der Waals surface area contributed by atoms with Crippen LogP contribution in [0.3, 0.4) is 0 Å². The maximum absolute atomic E-state index is 12.1. The van der Waals surface area contributed by atoms with Gasteiger partial charge in [-0.25, -0.2) is 4.98 Å². The second-order valence-corrected chi connectivity index (χ2v) is 3.10. The Labute approximate surface area is 95.6 Å². The van der Waals surface area contributed by atoms with Crippen LogP contribution in [0, 0.1) is 18.3 Å². The van der Waals surface area contributed by atoms with Crippen molar-refractivity contribution in [3.05, 3.63) is 17.5 Å². The molecule has 0 unspecified atom stereocenters. The molecule has 0 spiro atoms. The highest BCUT2D eigenvalue weighted by molar-refractivity contribution is 5.40. The summed E-state index contributed by atoms with van der Waals surface area (Å²) in [5, 5.41) is 8.53. The van der Waals surface area contributed by atoms with Gasteiger partial charge in [-0.1, -0.05) is 0 Å². The van der Waals surface area contributed by atoms with Crippen molar-refractivity contribution in [2.45, 2.75) is 19.7 Å². The molecule has 17 heavy (non-hydrogen) atoms. The Kier molecular flexibility index (Phi) is 3.78. The summed E-state index contributed by atoms with van der Waals surface area (Å²) < 4.78 is 44.8. The van der Waals surface area contributed by atoms with E-state index in [0.29, 0.717) is 0 Å². The number of ether oxygens (including phenoxy) is 2. The van der Waals surface area contributed by atoms with Gasteiger partial charge >= 0.3 is 6.36 Å². The van der Waals surface area contributed by atoms with Crippen LogP contribution < -0.4 is 9.47 Å². The van der Waals surface area contributed by atoms with Crippen molar-refractivity contribution in [2.75, 3.05) is 7.11 Å². The van der Waals surface area contributed by atoms with Crippen LogP contribution in [-0.4, -0.2) is 18.5 Å². The molecule has 1 aromatic rings.